The van der Waals surface area contributed by atoms with Crippen LogP contribution in [0, 0.1) is 0 Å². The summed E-state index contributed by atoms with van der Waals surface area (Å²) < 4.78 is 0. The highest BCUT2D eigenvalue weighted by atomic mass is 35.5. The molecule has 0 amide bonds. The van der Waals surface area contributed by atoms with E-state index in [1.807, 2.05) is 13.0 Å². The van der Waals surface area contributed by atoms with Gasteiger partial charge in [0.25, 0.3) is 0 Å². The minimum absolute atomic E-state index is 0.0811. The standard InChI is InChI=1S/C14H18Cl3NO/c1-8(18-9-3-2-4-10(19)7-9)11-5-6-12(15)14(17)13(11)16/h5-6,8-10,18-19H,2-4,7H2,1H3. The molecule has 2 rings (SSSR count). The van der Waals surface area contributed by atoms with E-state index in [2.05, 4.69) is 5.32 Å². The molecule has 0 bridgehead atoms. The van der Waals surface area contributed by atoms with Gasteiger partial charge in [0.15, 0.2) is 0 Å². The number of aliphatic hydroxyl groups is 1. The number of rotatable bonds is 3. The maximum Gasteiger partial charge on any atom is 0.0781 e. The average molecular weight is 323 g/mol. The van der Waals surface area contributed by atoms with Crippen molar-refractivity contribution in [2.45, 2.75) is 50.8 Å². The molecule has 3 atom stereocenters. The highest BCUT2D eigenvalue weighted by molar-refractivity contribution is 6.48. The molecule has 0 saturated heterocycles. The number of aliphatic hydroxyl groups excluding tert-OH is 1. The van der Waals surface area contributed by atoms with Crippen LogP contribution in [0.25, 0.3) is 0 Å². The predicted octanol–water partition coefficient (Wildman–Crippen LogP) is 4.60. The zero-order valence-electron chi connectivity index (χ0n) is 10.8. The Labute approximate surface area is 129 Å². The Hall–Kier alpha value is 0.01000. The molecule has 1 saturated carbocycles. The molecule has 0 spiro atoms. The Balaban J connectivity index is 2.07. The van der Waals surface area contributed by atoms with Crippen molar-refractivity contribution in [1.82, 2.24) is 5.32 Å². The number of benzene rings is 1. The first kappa shape index (κ1) is 15.4. The first-order chi connectivity index (χ1) is 8.99. The summed E-state index contributed by atoms with van der Waals surface area (Å²) in [6.07, 6.45) is 3.65. The number of halogens is 3. The Morgan fingerprint density at radius 3 is 2.63 bits per heavy atom. The molecular weight excluding hydrogens is 305 g/mol. The first-order valence-corrected chi connectivity index (χ1v) is 7.70. The third kappa shape index (κ3) is 3.77. The van der Waals surface area contributed by atoms with Crippen molar-refractivity contribution < 1.29 is 5.11 Å². The van der Waals surface area contributed by atoms with Gasteiger partial charge in [-0.3, -0.25) is 0 Å². The Morgan fingerprint density at radius 2 is 1.95 bits per heavy atom. The summed E-state index contributed by atoms with van der Waals surface area (Å²) in [5, 5.41) is 14.6. The Morgan fingerprint density at radius 1 is 1.21 bits per heavy atom. The lowest BCUT2D eigenvalue weighted by atomic mass is 9.92. The lowest BCUT2D eigenvalue weighted by Gasteiger charge is -2.30. The largest absolute Gasteiger partial charge is 0.393 e. The van der Waals surface area contributed by atoms with E-state index in [-0.39, 0.29) is 12.1 Å². The second kappa shape index (κ2) is 6.64. The third-order valence-electron chi connectivity index (χ3n) is 3.66. The lowest BCUT2D eigenvalue weighted by Crippen LogP contribution is -2.37. The monoisotopic (exact) mass is 321 g/mol. The molecule has 5 heteroatoms. The van der Waals surface area contributed by atoms with Gasteiger partial charge < -0.3 is 10.4 Å². The van der Waals surface area contributed by atoms with Crippen LogP contribution in [0.4, 0.5) is 0 Å². The van der Waals surface area contributed by atoms with Gasteiger partial charge in [-0.2, -0.15) is 0 Å². The highest BCUT2D eigenvalue weighted by Gasteiger charge is 2.23. The second-order valence-corrected chi connectivity index (χ2v) is 6.33. The van der Waals surface area contributed by atoms with E-state index >= 15 is 0 Å². The summed E-state index contributed by atoms with van der Waals surface area (Å²) >= 11 is 18.2. The zero-order chi connectivity index (χ0) is 14.0. The minimum atomic E-state index is -0.192. The summed E-state index contributed by atoms with van der Waals surface area (Å²) in [4.78, 5) is 0. The maximum absolute atomic E-state index is 9.69. The molecule has 2 nitrogen and oxygen atoms in total. The minimum Gasteiger partial charge on any atom is -0.393 e. The number of hydrogen-bond acceptors (Lipinski definition) is 2. The first-order valence-electron chi connectivity index (χ1n) is 6.56. The van der Waals surface area contributed by atoms with Crippen LogP contribution in [0.5, 0.6) is 0 Å². The van der Waals surface area contributed by atoms with Crippen molar-refractivity contribution in [3.63, 3.8) is 0 Å². The van der Waals surface area contributed by atoms with E-state index in [1.54, 1.807) is 6.07 Å². The topological polar surface area (TPSA) is 32.3 Å². The van der Waals surface area contributed by atoms with Gasteiger partial charge in [-0.25, -0.2) is 0 Å². The maximum atomic E-state index is 9.69. The van der Waals surface area contributed by atoms with Crippen LogP contribution in [0.15, 0.2) is 12.1 Å². The normalized spacial score (nSPS) is 25.3. The fourth-order valence-corrected chi connectivity index (χ4v) is 3.34. The molecule has 2 N–H and O–H groups in total. The van der Waals surface area contributed by atoms with Gasteiger partial charge in [-0.1, -0.05) is 40.9 Å². The summed E-state index contributed by atoms with van der Waals surface area (Å²) in [5.74, 6) is 0. The van der Waals surface area contributed by atoms with Crippen molar-refractivity contribution in [2.75, 3.05) is 0 Å². The Kier molecular flexibility index (Phi) is 5.38. The van der Waals surface area contributed by atoms with Gasteiger partial charge in [-0.05, 0) is 44.2 Å². The van der Waals surface area contributed by atoms with Crippen molar-refractivity contribution in [3.05, 3.63) is 32.8 Å². The van der Waals surface area contributed by atoms with Crippen molar-refractivity contribution in [1.29, 1.82) is 0 Å². The van der Waals surface area contributed by atoms with Crippen LogP contribution in [0.3, 0.4) is 0 Å². The lowest BCUT2D eigenvalue weighted by molar-refractivity contribution is 0.109. The number of nitrogens with one attached hydrogen (secondary N) is 1. The number of hydrogen-bond donors (Lipinski definition) is 2. The van der Waals surface area contributed by atoms with Gasteiger partial charge in [0.05, 0.1) is 21.2 Å². The SMILES string of the molecule is CC(NC1CCCC(O)C1)c1ccc(Cl)c(Cl)c1Cl. The van der Waals surface area contributed by atoms with Crippen LogP contribution < -0.4 is 5.32 Å². The summed E-state index contributed by atoms with van der Waals surface area (Å²) in [5.41, 5.74) is 0.941. The van der Waals surface area contributed by atoms with Crippen molar-refractivity contribution in [3.8, 4) is 0 Å². The van der Waals surface area contributed by atoms with Crippen LogP contribution in [-0.2, 0) is 0 Å². The second-order valence-electron chi connectivity index (χ2n) is 5.17. The molecule has 1 aliphatic carbocycles. The predicted molar refractivity (Wildman–Crippen MR) is 81.3 cm³/mol. The molecule has 1 fully saturated rings. The van der Waals surface area contributed by atoms with Crippen LogP contribution in [-0.4, -0.2) is 17.3 Å². The summed E-state index contributed by atoms with van der Waals surface area (Å²) in [7, 11) is 0. The smallest absolute Gasteiger partial charge is 0.0781 e. The van der Waals surface area contributed by atoms with Crippen molar-refractivity contribution in [2.24, 2.45) is 0 Å². The molecule has 19 heavy (non-hydrogen) atoms. The molecular formula is C14H18Cl3NO. The van der Waals surface area contributed by atoms with Gasteiger partial charge in [0, 0.05) is 12.1 Å². The molecule has 0 aliphatic heterocycles. The van der Waals surface area contributed by atoms with E-state index in [9.17, 15) is 5.11 Å². The van der Waals surface area contributed by atoms with E-state index in [0.717, 1.165) is 31.2 Å². The van der Waals surface area contributed by atoms with Gasteiger partial charge in [-0.15, -0.1) is 0 Å². The summed E-state index contributed by atoms with van der Waals surface area (Å²) in [6, 6.07) is 4.06. The van der Waals surface area contributed by atoms with E-state index in [0.29, 0.717) is 21.1 Å². The van der Waals surface area contributed by atoms with Gasteiger partial charge >= 0.3 is 0 Å². The quantitative estimate of drug-likeness (QED) is 0.797. The van der Waals surface area contributed by atoms with E-state index in [1.165, 1.54) is 0 Å². The molecule has 1 aromatic rings. The molecule has 1 aliphatic rings. The fourth-order valence-electron chi connectivity index (χ4n) is 2.63. The van der Waals surface area contributed by atoms with E-state index in [4.69, 9.17) is 34.8 Å². The van der Waals surface area contributed by atoms with E-state index < -0.39 is 0 Å². The average Bonchev–Trinajstić information content (AvgIpc) is 2.36. The summed E-state index contributed by atoms with van der Waals surface area (Å²) in [6.45, 7) is 2.05. The molecule has 0 heterocycles. The Bertz CT molecular complexity index is 453. The van der Waals surface area contributed by atoms with Crippen molar-refractivity contribution >= 4 is 34.8 Å². The fraction of sp³-hybridized carbons (Fsp3) is 0.571. The third-order valence-corrected chi connectivity index (χ3v) is 4.97. The molecule has 3 unspecified atom stereocenters. The molecule has 0 radical (unpaired) electrons. The van der Waals surface area contributed by atoms with Crippen LogP contribution >= 0.6 is 34.8 Å². The molecule has 0 aromatic heterocycles. The van der Waals surface area contributed by atoms with Crippen LogP contribution in [0.2, 0.25) is 15.1 Å². The zero-order valence-corrected chi connectivity index (χ0v) is 13.1. The van der Waals surface area contributed by atoms with Gasteiger partial charge in [0.1, 0.15) is 0 Å². The van der Waals surface area contributed by atoms with Gasteiger partial charge in [0.2, 0.25) is 0 Å². The van der Waals surface area contributed by atoms with Crippen LogP contribution in [0.1, 0.15) is 44.2 Å². The highest BCUT2D eigenvalue weighted by Crippen LogP contribution is 2.35. The molecule has 106 valence electrons. The molecule has 1 aromatic carbocycles.